The molecule has 0 saturated carbocycles. The number of nitrogens with zero attached hydrogens (tertiary/aromatic N) is 1. The highest BCUT2D eigenvalue weighted by atomic mass is 15.1. The molecule has 0 aliphatic heterocycles. The molecule has 6 bridgehead atoms. The van der Waals surface area contributed by atoms with Crippen LogP contribution in [0, 0.1) is 0 Å². The Hall–Kier alpha value is -5.66. The summed E-state index contributed by atoms with van der Waals surface area (Å²) in [6.45, 7) is 0. The van der Waals surface area contributed by atoms with Gasteiger partial charge in [0.2, 0.25) is 0 Å². The second kappa shape index (κ2) is 9.44. The SMILES string of the molecule is c1ccc(-c2ccc(N(c3ccccc3)c3cccc4c3-c3cccc5c3-c3ccccc3-c3cccc-5c3-4)cc2)cc1. The van der Waals surface area contributed by atoms with Crippen molar-refractivity contribution >= 4 is 17.1 Å². The van der Waals surface area contributed by atoms with Crippen LogP contribution in [-0.4, -0.2) is 0 Å². The van der Waals surface area contributed by atoms with Crippen LogP contribution in [0.25, 0.3) is 66.8 Å². The molecule has 1 nitrogen and oxygen atoms in total. The Bertz CT molecular complexity index is 2130. The van der Waals surface area contributed by atoms with E-state index in [1.54, 1.807) is 0 Å². The Morgan fingerprint density at radius 3 is 1.40 bits per heavy atom. The fraction of sp³-hybridized carbons (Fsp3) is 0. The van der Waals surface area contributed by atoms with E-state index in [1.807, 2.05) is 0 Å². The van der Waals surface area contributed by atoms with Crippen molar-refractivity contribution < 1.29 is 0 Å². The van der Waals surface area contributed by atoms with Crippen LogP contribution in [0.2, 0.25) is 0 Å². The van der Waals surface area contributed by atoms with Gasteiger partial charge in [-0.05, 0) is 91.5 Å². The molecule has 1 heteroatoms. The molecule has 0 saturated heterocycles. The van der Waals surface area contributed by atoms with E-state index in [0.717, 1.165) is 11.4 Å². The van der Waals surface area contributed by atoms with Crippen molar-refractivity contribution in [1.29, 1.82) is 0 Å². The van der Waals surface area contributed by atoms with E-state index in [-0.39, 0.29) is 0 Å². The standard InChI is InChI=1S/C42H27N/c1-3-12-28(13-4-1)29-24-26-31(27-25-29)43(30-14-5-2-6-15-30)39-23-11-22-38-41-34-18-9-19-35(41)36-20-10-21-37(42(38)39)40(36)33-17-8-7-16-32(33)34/h1-27H. The molecule has 2 aliphatic rings. The first-order chi connectivity index (χ1) is 21.4. The zero-order valence-corrected chi connectivity index (χ0v) is 23.5. The number of benzene rings is 7. The molecular formula is C42H27N. The summed E-state index contributed by atoms with van der Waals surface area (Å²) in [6.07, 6.45) is 0. The zero-order valence-electron chi connectivity index (χ0n) is 23.5. The fourth-order valence-corrected chi connectivity index (χ4v) is 7.16. The van der Waals surface area contributed by atoms with Gasteiger partial charge in [0.1, 0.15) is 0 Å². The minimum Gasteiger partial charge on any atom is -0.310 e. The highest BCUT2D eigenvalue weighted by Crippen LogP contribution is 2.59. The lowest BCUT2D eigenvalue weighted by molar-refractivity contribution is 1.28. The average molecular weight is 546 g/mol. The van der Waals surface area contributed by atoms with Gasteiger partial charge in [0.15, 0.2) is 0 Å². The molecule has 0 fully saturated rings. The second-order valence-electron chi connectivity index (χ2n) is 11.3. The lowest BCUT2D eigenvalue weighted by atomic mass is 9.83. The van der Waals surface area contributed by atoms with Crippen molar-refractivity contribution in [3.05, 3.63) is 164 Å². The highest BCUT2D eigenvalue weighted by Gasteiger charge is 2.32. The maximum atomic E-state index is 2.42. The molecule has 0 radical (unpaired) electrons. The fourth-order valence-electron chi connectivity index (χ4n) is 7.16. The van der Waals surface area contributed by atoms with E-state index >= 15 is 0 Å². The van der Waals surface area contributed by atoms with Crippen molar-refractivity contribution in [2.45, 2.75) is 0 Å². The summed E-state index contributed by atoms with van der Waals surface area (Å²) in [5.41, 5.74) is 18.9. The first-order valence-electron chi connectivity index (χ1n) is 14.9. The topological polar surface area (TPSA) is 3.24 Å². The molecule has 7 aromatic carbocycles. The van der Waals surface area contributed by atoms with E-state index in [0.29, 0.717) is 0 Å². The van der Waals surface area contributed by atoms with Gasteiger partial charge in [-0.25, -0.2) is 0 Å². The summed E-state index contributed by atoms with van der Waals surface area (Å²) in [6, 6.07) is 59.7. The van der Waals surface area contributed by atoms with E-state index in [9.17, 15) is 0 Å². The van der Waals surface area contributed by atoms with Crippen LogP contribution in [0.5, 0.6) is 0 Å². The zero-order chi connectivity index (χ0) is 28.3. The molecule has 2 aliphatic carbocycles. The maximum Gasteiger partial charge on any atom is 0.0546 e. The van der Waals surface area contributed by atoms with Gasteiger partial charge in [-0.3, -0.25) is 0 Å². The first kappa shape index (κ1) is 24.0. The number of anilines is 3. The van der Waals surface area contributed by atoms with Crippen molar-refractivity contribution in [1.82, 2.24) is 0 Å². The molecule has 43 heavy (non-hydrogen) atoms. The third-order valence-electron chi connectivity index (χ3n) is 8.97. The first-order valence-corrected chi connectivity index (χ1v) is 14.9. The van der Waals surface area contributed by atoms with Crippen LogP contribution in [0.4, 0.5) is 17.1 Å². The van der Waals surface area contributed by atoms with Gasteiger partial charge in [0, 0.05) is 16.9 Å². The predicted octanol–water partition coefficient (Wildman–Crippen LogP) is 11.8. The molecule has 0 heterocycles. The van der Waals surface area contributed by atoms with Gasteiger partial charge in [-0.1, -0.05) is 133 Å². The monoisotopic (exact) mass is 545 g/mol. The molecule has 0 atom stereocenters. The van der Waals surface area contributed by atoms with Crippen LogP contribution in [0.3, 0.4) is 0 Å². The van der Waals surface area contributed by atoms with Crippen LogP contribution in [0.1, 0.15) is 0 Å². The smallest absolute Gasteiger partial charge is 0.0546 e. The summed E-state index contributed by atoms with van der Waals surface area (Å²) in [7, 11) is 0. The normalized spacial score (nSPS) is 11.7. The van der Waals surface area contributed by atoms with Crippen molar-refractivity contribution in [3.63, 3.8) is 0 Å². The minimum absolute atomic E-state index is 1.13. The van der Waals surface area contributed by atoms with Crippen molar-refractivity contribution in [2.24, 2.45) is 0 Å². The third kappa shape index (κ3) is 3.58. The molecule has 0 N–H and O–H groups in total. The highest BCUT2D eigenvalue weighted by molar-refractivity contribution is 6.17. The Morgan fingerprint density at radius 2 is 0.698 bits per heavy atom. The Kier molecular flexibility index (Phi) is 5.27. The average Bonchev–Trinajstić information content (AvgIpc) is 3.19. The van der Waals surface area contributed by atoms with Crippen LogP contribution in [0.15, 0.2) is 164 Å². The molecule has 0 spiro atoms. The third-order valence-corrected chi connectivity index (χ3v) is 8.97. The number of hydrogen-bond donors (Lipinski definition) is 0. The summed E-state index contributed by atoms with van der Waals surface area (Å²) in [5.74, 6) is 0. The maximum absolute atomic E-state index is 2.42. The van der Waals surface area contributed by atoms with E-state index in [2.05, 4.69) is 169 Å². The quantitative estimate of drug-likeness (QED) is 0.213. The van der Waals surface area contributed by atoms with E-state index in [1.165, 1.54) is 72.4 Å². The molecule has 0 aromatic heterocycles. The molecule has 9 rings (SSSR count). The van der Waals surface area contributed by atoms with Crippen LogP contribution >= 0.6 is 0 Å². The van der Waals surface area contributed by atoms with Gasteiger partial charge in [-0.2, -0.15) is 0 Å². The molecular weight excluding hydrogens is 518 g/mol. The van der Waals surface area contributed by atoms with Crippen LogP contribution in [-0.2, 0) is 0 Å². The predicted molar refractivity (Wildman–Crippen MR) is 181 cm³/mol. The summed E-state index contributed by atoms with van der Waals surface area (Å²) >= 11 is 0. The molecule has 0 amide bonds. The molecule has 200 valence electrons. The molecule has 0 unspecified atom stereocenters. The minimum atomic E-state index is 1.13. The number of para-hydroxylation sites is 1. The second-order valence-corrected chi connectivity index (χ2v) is 11.3. The summed E-state index contributed by atoms with van der Waals surface area (Å²) in [5, 5.41) is 0. The van der Waals surface area contributed by atoms with Crippen molar-refractivity contribution in [3.8, 4) is 66.8 Å². The van der Waals surface area contributed by atoms with Gasteiger partial charge >= 0.3 is 0 Å². The summed E-state index contributed by atoms with van der Waals surface area (Å²) < 4.78 is 0. The van der Waals surface area contributed by atoms with E-state index in [4.69, 9.17) is 0 Å². The van der Waals surface area contributed by atoms with Crippen LogP contribution < -0.4 is 4.90 Å². The van der Waals surface area contributed by atoms with Gasteiger partial charge in [0.05, 0.1) is 5.69 Å². The lowest BCUT2D eigenvalue weighted by Crippen LogP contribution is -2.12. The van der Waals surface area contributed by atoms with E-state index < -0.39 is 0 Å². The largest absolute Gasteiger partial charge is 0.310 e. The Morgan fingerprint density at radius 1 is 0.256 bits per heavy atom. The summed E-state index contributed by atoms with van der Waals surface area (Å²) in [4.78, 5) is 2.42. The number of rotatable bonds is 4. The van der Waals surface area contributed by atoms with Gasteiger partial charge in [0.25, 0.3) is 0 Å². The Labute approximate surface area is 252 Å². The Balaban J connectivity index is 1.34. The van der Waals surface area contributed by atoms with Gasteiger partial charge in [-0.15, -0.1) is 0 Å². The molecule has 7 aromatic rings. The number of hydrogen-bond acceptors (Lipinski definition) is 1. The van der Waals surface area contributed by atoms with Gasteiger partial charge < -0.3 is 4.90 Å². The van der Waals surface area contributed by atoms with Crippen molar-refractivity contribution in [2.75, 3.05) is 4.90 Å². The number of fused-ring (bicyclic) bond motifs is 4. The lowest BCUT2D eigenvalue weighted by Gasteiger charge is -2.30.